The van der Waals surface area contributed by atoms with E-state index in [2.05, 4.69) is 15.0 Å². The zero-order valence-electron chi connectivity index (χ0n) is 9.27. The van der Waals surface area contributed by atoms with Crippen LogP contribution in [0.3, 0.4) is 0 Å². The molecule has 86 valence electrons. The van der Waals surface area contributed by atoms with Crippen molar-refractivity contribution in [1.82, 2.24) is 15.0 Å². The highest BCUT2D eigenvalue weighted by Gasteiger charge is 2.06. The molecule has 0 saturated heterocycles. The summed E-state index contributed by atoms with van der Waals surface area (Å²) in [5.74, 6) is 1.20. The lowest BCUT2D eigenvalue weighted by atomic mass is 10.1. The van der Waals surface area contributed by atoms with Crippen molar-refractivity contribution in [2.45, 2.75) is 13.5 Å². The third-order valence-corrected chi connectivity index (χ3v) is 2.58. The van der Waals surface area contributed by atoms with Gasteiger partial charge in [-0.1, -0.05) is 6.07 Å². The van der Waals surface area contributed by atoms with Gasteiger partial charge in [0.15, 0.2) is 11.5 Å². The summed E-state index contributed by atoms with van der Waals surface area (Å²) in [6.07, 6.45) is 1.69. The van der Waals surface area contributed by atoms with Gasteiger partial charge in [0.1, 0.15) is 17.9 Å². The molecule has 2 heterocycles. The first kappa shape index (κ1) is 10.0. The number of nitrogens with zero attached hydrogens (tertiary/aromatic N) is 2. The van der Waals surface area contributed by atoms with Crippen molar-refractivity contribution in [3.8, 4) is 11.3 Å². The van der Waals surface area contributed by atoms with Gasteiger partial charge in [0.25, 0.3) is 0 Å². The molecule has 0 unspecified atom stereocenters. The summed E-state index contributed by atoms with van der Waals surface area (Å²) in [5.41, 5.74) is 3.40. The Kier molecular flexibility index (Phi) is 2.19. The van der Waals surface area contributed by atoms with E-state index in [0.29, 0.717) is 11.7 Å². The first-order valence-electron chi connectivity index (χ1n) is 5.28. The number of aliphatic hydroxyl groups excluding tert-OH is 1. The van der Waals surface area contributed by atoms with Crippen molar-refractivity contribution < 1.29 is 9.52 Å². The summed E-state index contributed by atoms with van der Waals surface area (Å²) in [7, 11) is 0. The maximum Gasteiger partial charge on any atom is 0.192 e. The SMILES string of the molecule is Cc1nc2ccc(-c3cnc(CO)[nH]3)cc2o1. The van der Waals surface area contributed by atoms with Crippen LogP contribution >= 0.6 is 0 Å². The van der Waals surface area contributed by atoms with E-state index in [1.807, 2.05) is 25.1 Å². The van der Waals surface area contributed by atoms with E-state index in [1.165, 1.54) is 0 Å². The van der Waals surface area contributed by atoms with Crippen LogP contribution in [0.5, 0.6) is 0 Å². The van der Waals surface area contributed by atoms with Crippen LogP contribution in [0.2, 0.25) is 0 Å². The van der Waals surface area contributed by atoms with Crippen LogP contribution in [-0.4, -0.2) is 20.1 Å². The summed E-state index contributed by atoms with van der Waals surface area (Å²) in [6, 6.07) is 5.75. The number of fused-ring (bicyclic) bond motifs is 1. The van der Waals surface area contributed by atoms with Crippen LogP contribution in [0.4, 0.5) is 0 Å². The van der Waals surface area contributed by atoms with Crippen molar-refractivity contribution in [1.29, 1.82) is 0 Å². The molecule has 5 nitrogen and oxygen atoms in total. The third kappa shape index (κ3) is 1.70. The highest BCUT2D eigenvalue weighted by atomic mass is 16.3. The molecule has 0 spiro atoms. The minimum Gasteiger partial charge on any atom is -0.441 e. The van der Waals surface area contributed by atoms with Crippen LogP contribution in [0, 0.1) is 6.92 Å². The van der Waals surface area contributed by atoms with Crippen LogP contribution in [-0.2, 0) is 6.61 Å². The van der Waals surface area contributed by atoms with E-state index in [1.54, 1.807) is 6.20 Å². The van der Waals surface area contributed by atoms with Crippen LogP contribution in [0.15, 0.2) is 28.8 Å². The van der Waals surface area contributed by atoms with Gasteiger partial charge >= 0.3 is 0 Å². The van der Waals surface area contributed by atoms with Crippen molar-refractivity contribution in [3.63, 3.8) is 0 Å². The molecule has 2 N–H and O–H groups in total. The van der Waals surface area contributed by atoms with Gasteiger partial charge < -0.3 is 14.5 Å². The lowest BCUT2D eigenvalue weighted by molar-refractivity contribution is 0.272. The Morgan fingerprint density at radius 2 is 2.29 bits per heavy atom. The molecular weight excluding hydrogens is 218 g/mol. The highest BCUT2D eigenvalue weighted by Crippen LogP contribution is 2.23. The lowest BCUT2D eigenvalue weighted by Gasteiger charge is -1.96. The van der Waals surface area contributed by atoms with Gasteiger partial charge in [-0.15, -0.1) is 0 Å². The molecule has 17 heavy (non-hydrogen) atoms. The van der Waals surface area contributed by atoms with E-state index in [-0.39, 0.29) is 6.61 Å². The highest BCUT2D eigenvalue weighted by molar-refractivity contribution is 5.79. The topological polar surface area (TPSA) is 74.9 Å². The van der Waals surface area contributed by atoms with Crippen molar-refractivity contribution in [2.24, 2.45) is 0 Å². The quantitative estimate of drug-likeness (QED) is 0.705. The van der Waals surface area contributed by atoms with E-state index in [9.17, 15) is 0 Å². The second-order valence-corrected chi connectivity index (χ2v) is 3.82. The molecule has 0 bridgehead atoms. The van der Waals surface area contributed by atoms with Crippen LogP contribution in [0.25, 0.3) is 22.4 Å². The third-order valence-electron chi connectivity index (χ3n) is 2.58. The molecule has 0 radical (unpaired) electrons. The monoisotopic (exact) mass is 229 g/mol. The maximum absolute atomic E-state index is 8.95. The zero-order chi connectivity index (χ0) is 11.8. The number of nitrogens with one attached hydrogen (secondary N) is 1. The minimum atomic E-state index is -0.0936. The fourth-order valence-electron chi connectivity index (χ4n) is 1.80. The number of hydrogen-bond acceptors (Lipinski definition) is 4. The average molecular weight is 229 g/mol. The van der Waals surface area contributed by atoms with Crippen LogP contribution in [0.1, 0.15) is 11.7 Å². The van der Waals surface area contributed by atoms with E-state index < -0.39 is 0 Å². The fraction of sp³-hybridized carbons (Fsp3) is 0.167. The second-order valence-electron chi connectivity index (χ2n) is 3.82. The number of benzene rings is 1. The van der Waals surface area contributed by atoms with Gasteiger partial charge in [0.2, 0.25) is 0 Å². The van der Waals surface area contributed by atoms with E-state index in [4.69, 9.17) is 9.52 Å². The Bertz CT molecular complexity index is 669. The van der Waals surface area contributed by atoms with Crippen molar-refractivity contribution >= 4 is 11.1 Å². The number of rotatable bonds is 2. The zero-order valence-corrected chi connectivity index (χ0v) is 9.27. The smallest absolute Gasteiger partial charge is 0.192 e. The molecule has 0 aliphatic heterocycles. The number of aryl methyl sites for hydroxylation is 1. The molecule has 0 aliphatic rings. The molecule has 3 aromatic rings. The Hall–Kier alpha value is -2.14. The molecule has 2 aromatic heterocycles. The summed E-state index contributed by atoms with van der Waals surface area (Å²) in [6.45, 7) is 1.73. The predicted octanol–water partition coefficient (Wildman–Crippen LogP) is 2.02. The molecule has 3 rings (SSSR count). The molecular formula is C12H11N3O2. The van der Waals surface area contributed by atoms with Gasteiger partial charge in [-0.05, 0) is 12.1 Å². The standard InChI is InChI=1S/C12H11N3O2/c1-7-14-9-3-2-8(4-11(9)17-7)10-5-13-12(6-16)15-10/h2-5,16H,6H2,1H3,(H,13,15). The summed E-state index contributed by atoms with van der Waals surface area (Å²) >= 11 is 0. The van der Waals surface area contributed by atoms with E-state index in [0.717, 1.165) is 22.4 Å². The largest absolute Gasteiger partial charge is 0.441 e. The molecule has 0 aliphatic carbocycles. The van der Waals surface area contributed by atoms with E-state index >= 15 is 0 Å². The van der Waals surface area contributed by atoms with Gasteiger partial charge in [0.05, 0.1) is 11.9 Å². The molecule has 0 amide bonds. The number of imidazole rings is 1. The number of H-pyrrole nitrogens is 1. The van der Waals surface area contributed by atoms with Gasteiger partial charge in [0, 0.05) is 12.5 Å². The number of oxazole rings is 1. The molecule has 1 aromatic carbocycles. The number of aromatic nitrogens is 3. The minimum absolute atomic E-state index is 0.0936. The molecule has 0 atom stereocenters. The normalized spacial score (nSPS) is 11.2. The Labute approximate surface area is 97.1 Å². The van der Waals surface area contributed by atoms with Gasteiger partial charge in [-0.25, -0.2) is 9.97 Å². The van der Waals surface area contributed by atoms with Crippen LogP contribution < -0.4 is 0 Å². The average Bonchev–Trinajstić information content (AvgIpc) is 2.92. The predicted molar refractivity (Wildman–Crippen MR) is 62.3 cm³/mol. The Morgan fingerprint density at radius 1 is 1.41 bits per heavy atom. The van der Waals surface area contributed by atoms with Crippen molar-refractivity contribution in [2.75, 3.05) is 0 Å². The summed E-state index contributed by atoms with van der Waals surface area (Å²) in [5, 5.41) is 8.95. The second kappa shape index (κ2) is 3.71. The summed E-state index contributed by atoms with van der Waals surface area (Å²) in [4.78, 5) is 11.3. The van der Waals surface area contributed by atoms with Gasteiger partial charge in [-0.3, -0.25) is 0 Å². The number of aromatic amines is 1. The number of aliphatic hydroxyl groups is 1. The fourth-order valence-corrected chi connectivity index (χ4v) is 1.80. The molecule has 5 heteroatoms. The molecule has 0 saturated carbocycles. The van der Waals surface area contributed by atoms with Gasteiger partial charge in [-0.2, -0.15) is 0 Å². The Balaban J connectivity index is 2.10. The lowest BCUT2D eigenvalue weighted by Crippen LogP contribution is -1.84. The summed E-state index contributed by atoms with van der Waals surface area (Å²) < 4.78 is 5.47. The maximum atomic E-state index is 8.95. The Morgan fingerprint density at radius 3 is 3.06 bits per heavy atom. The molecule has 0 fully saturated rings. The van der Waals surface area contributed by atoms with Crippen molar-refractivity contribution in [3.05, 3.63) is 36.1 Å². The number of hydrogen-bond donors (Lipinski definition) is 2. The first-order chi connectivity index (χ1) is 8.26. The first-order valence-corrected chi connectivity index (χ1v) is 5.28.